The van der Waals surface area contributed by atoms with E-state index in [0.29, 0.717) is 54.7 Å². The van der Waals surface area contributed by atoms with Crippen LogP contribution in [-0.2, 0) is 9.53 Å². The quantitative estimate of drug-likeness (QED) is 0.169. The molecule has 0 saturated heterocycles. The van der Waals surface area contributed by atoms with E-state index in [-0.39, 0.29) is 23.4 Å². The second-order valence-electron chi connectivity index (χ2n) is 9.37. The Morgan fingerprint density at radius 3 is 2.60 bits per heavy atom. The number of thiazole rings is 1. The Kier molecular flexibility index (Phi) is 7.81. The van der Waals surface area contributed by atoms with Crippen molar-refractivity contribution in [2.45, 2.75) is 26.8 Å². The van der Waals surface area contributed by atoms with E-state index in [2.05, 4.69) is 4.99 Å². The van der Waals surface area contributed by atoms with Gasteiger partial charge in [0.15, 0.2) is 4.80 Å². The highest BCUT2D eigenvalue weighted by molar-refractivity contribution is 7.07. The molecule has 0 amide bonds. The van der Waals surface area contributed by atoms with E-state index in [1.165, 1.54) is 30.9 Å². The van der Waals surface area contributed by atoms with Crippen molar-refractivity contribution < 1.29 is 28.3 Å². The molecule has 1 aliphatic heterocycles. The lowest BCUT2D eigenvalue weighted by Gasteiger charge is -2.26. The molecular weight excluding hydrogens is 562 g/mol. The maximum absolute atomic E-state index is 13.9. The van der Waals surface area contributed by atoms with Crippen molar-refractivity contribution in [2.75, 3.05) is 20.8 Å². The first-order valence-corrected chi connectivity index (χ1v) is 13.7. The highest BCUT2D eigenvalue weighted by atomic mass is 32.1. The third kappa shape index (κ3) is 5.12. The van der Waals surface area contributed by atoms with E-state index in [4.69, 9.17) is 18.6 Å². The topological polar surface area (TPSA) is 135 Å². The zero-order chi connectivity index (χ0) is 30.1. The van der Waals surface area contributed by atoms with Gasteiger partial charge in [0.1, 0.15) is 29.1 Å². The van der Waals surface area contributed by atoms with Crippen LogP contribution in [0.3, 0.4) is 0 Å². The lowest BCUT2D eigenvalue weighted by Crippen LogP contribution is -2.40. The molecule has 1 aliphatic rings. The largest absolute Gasteiger partial charge is 0.497 e. The molecule has 0 aliphatic carbocycles. The summed E-state index contributed by atoms with van der Waals surface area (Å²) in [7, 11) is 3.04. The van der Waals surface area contributed by atoms with Crippen molar-refractivity contribution in [1.29, 1.82) is 0 Å². The van der Waals surface area contributed by atoms with E-state index in [9.17, 15) is 19.7 Å². The predicted molar refractivity (Wildman–Crippen MR) is 155 cm³/mol. The van der Waals surface area contributed by atoms with E-state index >= 15 is 0 Å². The second-order valence-corrected chi connectivity index (χ2v) is 10.4. The number of ether oxygens (including phenoxy) is 3. The second kappa shape index (κ2) is 11.5. The average Bonchev–Trinajstić information content (AvgIpc) is 3.55. The number of nitrogens with zero attached hydrogens (tertiary/aromatic N) is 3. The summed E-state index contributed by atoms with van der Waals surface area (Å²) in [6, 6.07) is 12.3. The fourth-order valence-electron chi connectivity index (χ4n) is 4.87. The number of fused-ring (bicyclic) bond motifs is 1. The molecule has 0 fully saturated rings. The molecule has 11 nitrogen and oxygen atoms in total. The smallest absolute Gasteiger partial charge is 0.338 e. The highest BCUT2D eigenvalue weighted by Gasteiger charge is 2.35. The van der Waals surface area contributed by atoms with Crippen molar-refractivity contribution >= 4 is 29.1 Å². The van der Waals surface area contributed by atoms with Crippen LogP contribution in [0.25, 0.3) is 17.4 Å². The van der Waals surface area contributed by atoms with Gasteiger partial charge in [-0.25, -0.2) is 9.79 Å². The fraction of sp³-hybridized carbons (Fsp3) is 0.233. The van der Waals surface area contributed by atoms with Gasteiger partial charge in [0.25, 0.3) is 11.2 Å². The van der Waals surface area contributed by atoms with E-state index in [0.717, 1.165) is 11.3 Å². The number of esters is 1. The Morgan fingerprint density at radius 1 is 1.14 bits per heavy atom. The number of non-ortho nitro benzene ring substituents is 1. The number of hydrogen-bond donors (Lipinski definition) is 0. The summed E-state index contributed by atoms with van der Waals surface area (Å²) in [5, 5.41) is 11.1. The monoisotopic (exact) mass is 589 g/mol. The molecule has 0 bridgehead atoms. The number of methoxy groups -OCH3 is 2. The number of nitro benzene ring substituents is 1. The summed E-state index contributed by atoms with van der Waals surface area (Å²) in [4.78, 5) is 42.8. The van der Waals surface area contributed by atoms with Gasteiger partial charge < -0.3 is 18.6 Å². The third-order valence-electron chi connectivity index (χ3n) is 6.84. The fourth-order valence-corrected chi connectivity index (χ4v) is 5.90. The number of hydrogen-bond acceptors (Lipinski definition) is 10. The minimum Gasteiger partial charge on any atom is -0.497 e. The number of aromatic nitrogens is 1. The molecule has 0 spiro atoms. The number of nitro groups is 1. The Labute approximate surface area is 243 Å². The first kappa shape index (κ1) is 28.6. The van der Waals surface area contributed by atoms with Crippen LogP contribution >= 0.6 is 11.3 Å². The van der Waals surface area contributed by atoms with Crippen LogP contribution in [0.1, 0.15) is 36.8 Å². The van der Waals surface area contributed by atoms with Gasteiger partial charge in [0, 0.05) is 35.4 Å². The van der Waals surface area contributed by atoms with Gasteiger partial charge in [-0.2, -0.15) is 0 Å². The third-order valence-corrected chi connectivity index (χ3v) is 7.82. The number of furan rings is 1. The minimum atomic E-state index is -0.863. The number of allylic oxidation sites excluding steroid dienone is 1. The van der Waals surface area contributed by atoms with Gasteiger partial charge in [-0.15, -0.1) is 0 Å². The standard InChI is InChI=1S/C30H27N3O8S/c1-6-40-29(35)26-17(3)31-30-32(27(26)22-11-8-19(38-4)14-24(22)39-5)28(34)25(42-30)15-20-9-12-23(41-20)21-10-7-18(33(36)37)13-16(21)2/h7-15,27H,6H2,1-5H3/b25-15-. The molecule has 216 valence electrons. The molecule has 4 aromatic rings. The number of rotatable bonds is 8. The van der Waals surface area contributed by atoms with Crippen molar-refractivity contribution in [3.63, 3.8) is 0 Å². The summed E-state index contributed by atoms with van der Waals surface area (Å²) in [6.45, 7) is 5.33. The Bertz CT molecular complexity index is 1930. The first-order valence-electron chi connectivity index (χ1n) is 12.9. The van der Waals surface area contributed by atoms with Crippen LogP contribution in [-0.4, -0.2) is 36.3 Å². The number of carbonyl (C=O) groups is 1. The summed E-state index contributed by atoms with van der Waals surface area (Å²) in [5.41, 5.74) is 2.22. The number of benzene rings is 2. The molecule has 3 heterocycles. The van der Waals surface area contributed by atoms with Crippen molar-refractivity contribution in [2.24, 2.45) is 4.99 Å². The van der Waals surface area contributed by atoms with Crippen LogP contribution in [0.5, 0.6) is 11.5 Å². The number of aryl methyl sites for hydroxylation is 1. The van der Waals surface area contributed by atoms with Gasteiger partial charge in [-0.3, -0.25) is 19.5 Å². The molecule has 2 aromatic heterocycles. The summed E-state index contributed by atoms with van der Waals surface area (Å²) < 4.78 is 24.2. The SMILES string of the molecule is CCOC(=O)C1=C(C)N=c2s/c(=C\c3ccc(-c4ccc([N+](=O)[O-])cc4C)o3)c(=O)n2C1c1ccc(OC)cc1OC. The predicted octanol–water partition coefficient (Wildman–Crippen LogP) is 4.29. The molecule has 1 unspecified atom stereocenters. The van der Waals surface area contributed by atoms with E-state index in [1.54, 1.807) is 63.2 Å². The molecule has 0 saturated carbocycles. The van der Waals surface area contributed by atoms with Crippen LogP contribution < -0.4 is 24.4 Å². The maximum atomic E-state index is 13.9. The Morgan fingerprint density at radius 2 is 1.93 bits per heavy atom. The van der Waals surface area contributed by atoms with E-state index < -0.39 is 16.9 Å². The molecule has 0 N–H and O–H groups in total. The average molecular weight is 590 g/mol. The molecule has 5 rings (SSSR count). The zero-order valence-electron chi connectivity index (χ0n) is 23.5. The lowest BCUT2D eigenvalue weighted by atomic mass is 9.95. The summed E-state index contributed by atoms with van der Waals surface area (Å²) in [6.07, 6.45) is 1.61. The minimum absolute atomic E-state index is 0.00957. The Hall–Kier alpha value is -4.97. The first-order chi connectivity index (χ1) is 20.2. The van der Waals surface area contributed by atoms with E-state index in [1.807, 2.05) is 0 Å². The molecule has 2 aromatic carbocycles. The molecule has 42 heavy (non-hydrogen) atoms. The van der Waals surface area contributed by atoms with Crippen LogP contribution in [0, 0.1) is 17.0 Å². The molecular formula is C30H27N3O8S. The Balaban J connectivity index is 1.64. The molecule has 12 heteroatoms. The summed E-state index contributed by atoms with van der Waals surface area (Å²) >= 11 is 1.16. The van der Waals surface area contributed by atoms with Crippen LogP contribution in [0.2, 0.25) is 0 Å². The van der Waals surface area contributed by atoms with Gasteiger partial charge in [-0.1, -0.05) is 11.3 Å². The van der Waals surface area contributed by atoms with Crippen molar-refractivity contribution in [1.82, 2.24) is 4.57 Å². The molecule has 0 radical (unpaired) electrons. The number of carbonyl (C=O) groups excluding carboxylic acids is 1. The zero-order valence-corrected chi connectivity index (χ0v) is 24.3. The molecule has 1 atom stereocenters. The lowest BCUT2D eigenvalue weighted by molar-refractivity contribution is -0.384. The van der Waals surface area contributed by atoms with Gasteiger partial charge in [0.05, 0.1) is 41.6 Å². The van der Waals surface area contributed by atoms with Gasteiger partial charge >= 0.3 is 5.97 Å². The van der Waals surface area contributed by atoms with Gasteiger partial charge in [0.2, 0.25) is 0 Å². The van der Waals surface area contributed by atoms with Crippen molar-refractivity contribution in [3.05, 3.63) is 106 Å². The van der Waals surface area contributed by atoms with Crippen molar-refractivity contribution in [3.8, 4) is 22.8 Å². The van der Waals surface area contributed by atoms with Crippen LogP contribution in [0.4, 0.5) is 5.69 Å². The van der Waals surface area contributed by atoms with Gasteiger partial charge in [-0.05, 0) is 56.7 Å². The summed E-state index contributed by atoms with van der Waals surface area (Å²) in [5.74, 6) is 1.32. The highest BCUT2D eigenvalue weighted by Crippen LogP contribution is 2.37. The normalized spacial score (nSPS) is 14.8. The maximum Gasteiger partial charge on any atom is 0.338 e. The van der Waals surface area contributed by atoms with Crippen LogP contribution in [0.15, 0.2) is 74.0 Å².